The zero-order valence-electron chi connectivity index (χ0n) is 24.1. The molecule has 0 radical (unpaired) electrons. The lowest BCUT2D eigenvalue weighted by Crippen LogP contribution is -2.36. The Morgan fingerprint density at radius 1 is 1.05 bits per heavy atom. The number of anilines is 2. The van der Waals surface area contributed by atoms with E-state index in [1.165, 1.54) is 18.3 Å². The molecule has 11 heteroatoms. The second-order valence-corrected chi connectivity index (χ2v) is 10.5. The van der Waals surface area contributed by atoms with Crippen LogP contribution in [0.4, 0.5) is 20.3 Å². The van der Waals surface area contributed by atoms with Gasteiger partial charge in [0.15, 0.2) is 23.0 Å². The number of ether oxygens (including phenoxy) is 1. The van der Waals surface area contributed by atoms with Crippen molar-refractivity contribution in [2.45, 2.75) is 26.2 Å². The second-order valence-electron chi connectivity index (χ2n) is 10.5. The number of benzene rings is 3. The van der Waals surface area contributed by atoms with Gasteiger partial charge < -0.3 is 20.7 Å². The normalized spacial score (nSPS) is 13.3. The van der Waals surface area contributed by atoms with E-state index in [4.69, 9.17) is 4.74 Å². The van der Waals surface area contributed by atoms with E-state index in [0.717, 1.165) is 37.2 Å². The molecule has 2 aromatic heterocycles. The van der Waals surface area contributed by atoms with E-state index in [9.17, 15) is 4.79 Å². The number of nitrogens with one attached hydrogen (secondary N) is 3. The van der Waals surface area contributed by atoms with Crippen LogP contribution in [0.2, 0.25) is 0 Å². The minimum atomic E-state index is -1.09. The number of halogens is 3. The molecule has 1 saturated heterocycles. The molecule has 1 aliphatic heterocycles. The van der Waals surface area contributed by atoms with Gasteiger partial charge in [-0.2, -0.15) is 4.39 Å². The van der Waals surface area contributed by atoms with E-state index in [0.29, 0.717) is 47.4 Å². The van der Waals surface area contributed by atoms with E-state index in [1.54, 1.807) is 41.1 Å². The lowest BCUT2D eigenvalue weighted by molar-refractivity contribution is 0.0943. The number of amides is 1. The van der Waals surface area contributed by atoms with Gasteiger partial charge in [0, 0.05) is 35.8 Å². The summed E-state index contributed by atoms with van der Waals surface area (Å²) in [5, 5.41) is 9.72. The summed E-state index contributed by atoms with van der Waals surface area (Å²) in [5.41, 5.74) is 3.11. The Bertz CT molecular complexity index is 1760. The van der Waals surface area contributed by atoms with Crippen molar-refractivity contribution in [2.24, 2.45) is 5.92 Å². The van der Waals surface area contributed by atoms with Crippen LogP contribution < -0.4 is 20.7 Å². The molecule has 0 aliphatic carbocycles. The van der Waals surface area contributed by atoms with Crippen molar-refractivity contribution in [3.05, 3.63) is 102 Å². The number of hydrogen-bond donors (Lipinski definition) is 3. The SMILES string of the molecule is CCc1cc(Nc2nccn3c(-c4ccc(Oc5ccccc5)c(F)c4F)cnc23)ccc1C(=O)NCC1CCNCC1.Cl. The second kappa shape index (κ2) is 13.8. The first kappa shape index (κ1) is 30.9. The molecule has 0 unspecified atom stereocenters. The summed E-state index contributed by atoms with van der Waals surface area (Å²) in [5.74, 6) is -1.08. The van der Waals surface area contributed by atoms with Gasteiger partial charge in [0.05, 0.1) is 11.9 Å². The number of nitrogens with zero attached hydrogens (tertiary/aromatic N) is 3. The third-order valence-electron chi connectivity index (χ3n) is 7.73. The molecule has 0 saturated carbocycles. The number of carbonyl (C=O) groups excluding carboxylic acids is 1. The van der Waals surface area contributed by atoms with Crippen LogP contribution in [0.25, 0.3) is 16.9 Å². The van der Waals surface area contributed by atoms with Gasteiger partial charge in [-0.25, -0.2) is 14.4 Å². The molecule has 3 N–H and O–H groups in total. The van der Waals surface area contributed by atoms with Crippen LogP contribution >= 0.6 is 12.4 Å². The molecule has 0 spiro atoms. The van der Waals surface area contributed by atoms with Gasteiger partial charge in [-0.1, -0.05) is 25.1 Å². The predicted octanol–water partition coefficient (Wildman–Crippen LogP) is 6.92. The molecule has 8 nitrogen and oxygen atoms in total. The highest BCUT2D eigenvalue weighted by atomic mass is 35.5. The molecular weight excluding hydrogens is 586 g/mol. The summed E-state index contributed by atoms with van der Waals surface area (Å²) >= 11 is 0. The van der Waals surface area contributed by atoms with Crippen LogP contribution in [-0.2, 0) is 6.42 Å². The lowest BCUT2D eigenvalue weighted by atomic mass is 9.97. The van der Waals surface area contributed by atoms with Crippen LogP contribution in [-0.4, -0.2) is 39.9 Å². The maximum atomic E-state index is 15.3. The number of fused-ring (bicyclic) bond motifs is 1. The molecule has 5 aromatic rings. The number of aromatic nitrogens is 3. The van der Waals surface area contributed by atoms with Gasteiger partial charge in [-0.3, -0.25) is 9.20 Å². The van der Waals surface area contributed by atoms with Crippen molar-refractivity contribution in [2.75, 3.05) is 25.0 Å². The average Bonchev–Trinajstić information content (AvgIpc) is 3.48. The Labute approximate surface area is 260 Å². The van der Waals surface area contributed by atoms with Crippen molar-refractivity contribution in [3.8, 4) is 22.8 Å². The van der Waals surface area contributed by atoms with Gasteiger partial charge in [-0.15, -0.1) is 12.4 Å². The van der Waals surface area contributed by atoms with Crippen molar-refractivity contribution < 1.29 is 18.3 Å². The molecule has 1 fully saturated rings. The summed E-state index contributed by atoms with van der Waals surface area (Å²) < 4.78 is 37.5. The monoisotopic (exact) mass is 618 g/mol. The first-order valence-corrected chi connectivity index (χ1v) is 14.4. The Morgan fingerprint density at radius 3 is 2.61 bits per heavy atom. The summed E-state index contributed by atoms with van der Waals surface area (Å²) in [7, 11) is 0. The molecule has 44 heavy (non-hydrogen) atoms. The van der Waals surface area contributed by atoms with E-state index >= 15 is 8.78 Å². The number of rotatable bonds is 9. The van der Waals surface area contributed by atoms with Crippen molar-refractivity contribution in [1.29, 1.82) is 0 Å². The van der Waals surface area contributed by atoms with Crippen LogP contribution in [0.1, 0.15) is 35.7 Å². The largest absolute Gasteiger partial charge is 0.454 e. The van der Waals surface area contributed by atoms with Crippen molar-refractivity contribution in [1.82, 2.24) is 25.0 Å². The molecule has 228 valence electrons. The van der Waals surface area contributed by atoms with Crippen LogP contribution in [0, 0.1) is 17.6 Å². The number of imidazole rings is 1. The number of piperidine rings is 1. The minimum absolute atomic E-state index is 0. The highest BCUT2D eigenvalue weighted by molar-refractivity contribution is 5.96. The van der Waals surface area contributed by atoms with Crippen molar-refractivity contribution in [3.63, 3.8) is 0 Å². The fourth-order valence-electron chi connectivity index (χ4n) is 5.37. The zero-order valence-corrected chi connectivity index (χ0v) is 25.0. The molecule has 3 aromatic carbocycles. The Hall–Kier alpha value is -4.54. The zero-order chi connectivity index (χ0) is 29.8. The van der Waals surface area contributed by atoms with Gasteiger partial charge in [0.25, 0.3) is 5.91 Å². The highest BCUT2D eigenvalue weighted by Crippen LogP contribution is 2.33. The number of aryl methyl sites for hydroxylation is 1. The lowest BCUT2D eigenvalue weighted by Gasteiger charge is -2.23. The third-order valence-corrected chi connectivity index (χ3v) is 7.73. The van der Waals surface area contributed by atoms with Gasteiger partial charge in [0.2, 0.25) is 5.82 Å². The Morgan fingerprint density at radius 2 is 1.84 bits per heavy atom. The van der Waals surface area contributed by atoms with E-state index in [2.05, 4.69) is 25.9 Å². The maximum absolute atomic E-state index is 15.3. The fourth-order valence-corrected chi connectivity index (χ4v) is 5.37. The topological polar surface area (TPSA) is 92.6 Å². The fraction of sp³-hybridized carbons (Fsp3) is 0.242. The summed E-state index contributed by atoms with van der Waals surface area (Å²) in [6.45, 7) is 4.65. The summed E-state index contributed by atoms with van der Waals surface area (Å²) in [6, 6.07) is 17.1. The number of hydrogen-bond acceptors (Lipinski definition) is 6. The van der Waals surface area contributed by atoms with Crippen LogP contribution in [0.15, 0.2) is 79.3 Å². The molecule has 0 bridgehead atoms. The predicted molar refractivity (Wildman–Crippen MR) is 169 cm³/mol. The summed E-state index contributed by atoms with van der Waals surface area (Å²) in [6.07, 6.45) is 7.48. The number of carbonyl (C=O) groups is 1. The molecule has 6 rings (SSSR count). The van der Waals surface area contributed by atoms with Crippen molar-refractivity contribution >= 4 is 35.5 Å². The third kappa shape index (κ3) is 6.51. The van der Waals surface area contributed by atoms with Gasteiger partial charge in [-0.05, 0) is 86.3 Å². The molecule has 3 heterocycles. The van der Waals surface area contributed by atoms with Gasteiger partial charge in [0.1, 0.15) is 5.75 Å². The minimum Gasteiger partial charge on any atom is -0.454 e. The maximum Gasteiger partial charge on any atom is 0.251 e. The van der Waals surface area contributed by atoms with Crippen LogP contribution in [0.5, 0.6) is 11.5 Å². The molecular formula is C33H33ClF2N6O2. The quantitative estimate of drug-likeness (QED) is 0.166. The van der Waals surface area contributed by atoms with E-state index < -0.39 is 11.6 Å². The number of para-hydroxylation sites is 1. The molecule has 1 aliphatic rings. The highest BCUT2D eigenvalue weighted by Gasteiger charge is 2.21. The smallest absolute Gasteiger partial charge is 0.251 e. The van der Waals surface area contributed by atoms with Gasteiger partial charge >= 0.3 is 0 Å². The first-order chi connectivity index (χ1) is 21.0. The first-order valence-electron chi connectivity index (χ1n) is 14.4. The molecule has 0 atom stereocenters. The standard InChI is InChI=1S/C33H32F2N6O2.ClH/c1-2-22-18-23(8-9-25(22)33(42)39-19-21-12-14-36-15-13-21)40-31-32-38-20-27(41(32)17-16-37-31)26-10-11-28(30(35)29(26)34)43-24-6-4-3-5-7-24;/h3-11,16-18,20-21,36H,2,12-15,19H2,1H3,(H,37,40)(H,39,42);1H. The Kier molecular flexibility index (Phi) is 9.72. The van der Waals surface area contributed by atoms with E-state index in [-0.39, 0.29) is 29.6 Å². The van der Waals surface area contributed by atoms with E-state index in [1.807, 2.05) is 31.2 Å². The average molecular weight is 619 g/mol. The summed E-state index contributed by atoms with van der Waals surface area (Å²) in [4.78, 5) is 21.9. The van der Waals surface area contributed by atoms with Crippen LogP contribution in [0.3, 0.4) is 0 Å². The molecule has 1 amide bonds. The Balaban J connectivity index is 0.00000384.